The third kappa shape index (κ3) is 6.19. The smallest absolute Gasteiger partial charge is 0.255 e. The minimum atomic E-state index is -0.259. The third-order valence-electron chi connectivity index (χ3n) is 5.04. The zero-order valence-corrected chi connectivity index (χ0v) is 18.1. The van der Waals surface area contributed by atoms with Crippen LogP contribution in [0.5, 0.6) is 5.75 Å². The highest BCUT2D eigenvalue weighted by molar-refractivity contribution is 6.05. The molecule has 5 nitrogen and oxygen atoms in total. The molecule has 3 aromatic rings. The molecule has 5 heteroatoms. The van der Waals surface area contributed by atoms with Gasteiger partial charge in [-0.1, -0.05) is 49.4 Å². The number of ether oxygens (including phenoxy) is 1. The molecule has 0 aliphatic carbocycles. The summed E-state index contributed by atoms with van der Waals surface area (Å²) in [5.74, 6) is 0.200. The molecular weight excluding hydrogens is 388 g/mol. The van der Waals surface area contributed by atoms with Gasteiger partial charge in [-0.05, 0) is 62.2 Å². The SMILES string of the molecule is CCC(C)Oc1cccc(C(=O)Nc2cccc(C(=O)NC(C)c3ccccc3)c2)c1. The second-order valence-electron chi connectivity index (χ2n) is 7.51. The molecule has 0 aliphatic rings. The van der Waals surface area contributed by atoms with Gasteiger partial charge < -0.3 is 15.4 Å². The lowest BCUT2D eigenvalue weighted by Crippen LogP contribution is -2.26. The summed E-state index contributed by atoms with van der Waals surface area (Å²) in [6.45, 7) is 5.97. The number of carbonyl (C=O) groups is 2. The molecule has 3 aromatic carbocycles. The Bertz CT molecular complexity index is 1030. The number of anilines is 1. The minimum absolute atomic E-state index is 0.0757. The van der Waals surface area contributed by atoms with Gasteiger partial charge in [0.2, 0.25) is 0 Å². The van der Waals surface area contributed by atoms with Crippen LogP contribution >= 0.6 is 0 Å². The fraction of sp³-hybridized carbons (Fsp3) is 0.231. The molecule has 0 heterocycles. The van der Waals surface area contributed by atoms with Gasteiger partial charge in [-0.25, -0.2) is 0 Å². The zero-order valence-electron chi connectivity index (χ0n) is 18.1. The standard InChI is InChI=1S/C26H28N2O3/c1-4-18(2)31-24-15-9-13-22(17-24)26(30)28-23-14-8-12-21(16-23)25(29)27-19(3)20-10-6-5-7-11-20/h5-19H,4H2,1-3H3,(H,27,29)(H,28,30). The van der Waals surface area contributed by atoms with Crippen LogP contribution in [0.15, 0.2) is 78.9 Å². The van der Waals surface area contributed by atoms with Crippen LogP contribution in [-0.4, -0.2) is 17.9 Å². The van der Waals surface area contributed by atoms with Crippen LogP contribution in [0.4, 0.5) is 5.69 Å². The summed E-state index contributed by atoms with van der Waals surface area (Å²) in [4.78, 5) is 25.4. The van der Waals surface area contributed by atoms with Crippen molar-refractivity contribution in [3.8, 4) is 5.75 Å². The van der Waals surface area contributed by atoms with Gasteiger partial charge in [0.25, 0.3) is 11.8 Å². The first-order chi connectivity index (χ1) is 15.0. The maximum atomic E-state index is 12.7. The maximum absolute atomic E-state index is 12.7. The molecule has 0 spiro atoms. The molecule has 0 radical (unpaired) electrons. The van der Waals surface area contributed by atoms with E-state index in [2.05, 4.69) is 10.6 Å². The van der Waals surface area contributed by atoms with Crippen molar-refractivity contribution in [1.29, 1.82) is 0 Å². The molecule has 0 aliphatic heterocycles. The number of nitrogens with one attached hydrogen (secondary N) is 2. The molecular formula is C26H28N2O3. The van der Waals surface area contributed by atoms with E-state index < -0.39 is 0 Å². The molecule has 2 N–H and O–H groups in total. The van der Waals surface area contributed by atoms with Crippen LogP contribution < -0.4 is 15.4 Å². The van der Waals surface area contributed by atoms with Crippen molar-refractivity contribution in [3.63, 3.8) is 0 Å². The molecule has 0 saturated heterocycles. The Hall–Kier alpha value is -3.60. The van der Waals surface area contributed by atoms with E-state index in [4.69, 9.17) is 4.74 Å². The van der Waals surface area contributed by atoms with Gasteiger partial charge in [0, 0.05) is 16.8 Å². The van der Waals surface area contributed by atoms with E-state index in [1.807, 2.05) is 57.2 Å². The van der Waals surface area contributed by atoms with Crippen molar-refractivity contribution in [2.75, 3.05) is 5.32 Å². The van der Waals surface area contributed by atoms with E-state index in [0.717, 1.165) is 12.0 Å². The Morgan fingerprint density at radius 3 is 2.23 bits per heavy atom. The van der Waals surface area contributed by atoms with Crippen molar-refractivity contribution >= 4 is 17.5 Å². The van der Waals surface area contributed by atoms with E-state index in [9.17, 15) is 9.59 Å². The quantitative estimate of drug-likeness (QED) is 0.502. The lowest BCUT2D eigenvalue weighted by atomic mass is 10.1. The molecule has 0 aromatic heterocycles. The molecule has 2 unspecified atom stereocenters. The summed E-state index contributed by atoms with van der Waals surface area (Å²) >= 11 is 0. The molecule has 0 bridgehead atoms. The maximum Gasteiger partial charge on any atom is 0.255 e. The third-order valence-corrected chi connectivity index (χ3v) is 5.04. The van der Waals surface area contributed by atoms with Gasteiger partial charge in [-0.2, -0.15) is 0 Å². The van der Waals surface area contributed by atoms with E-state index >= 15 is 0 Å². The van der Waals surface area contributed by atoms with Crippen molar-refractivity contribution in [2.45, 2.75) is 39.3 Å². The molecule has 0 fully saturated rings. The molecule has 2 amide bonds. The van der Waals surface area contributed by atoms with Gasteiger partial charge >= 0.3 is 0 Å². The second-order valence-corrected chi connectivity index (χ2v) is 7.51. The first-order valence-corrected chi connectivity index (χ1v) is 10.5. The Labute approximate surface area is 183 Å². The molecule has 2 atom stereocenters. The number of carbonyl (C=O) groups excluding carboxylic acids is 2. The van der Waals surface area contributed by atoms with Gasteiger partial charge in [0.1, 0.15) is 5.75 Å². The highest BCUT2D eigenvalue weighted by Crippen LogP contribution is 2.19. The Morgan fingerprint density at radius 1 is 0.839 bits per heavy atom. The Morgan fingerprint density at radius 2 is 1.52 bits per heavy atom. The summed E-state index contributed by atoms with van der Waals surface area (Å²) in [6, 6.07) is 23.6. The number of rotatable bonds is 8. The number of benzene rings is 3. The van der Waals surface area contributed by atoms with Crippen molar-refractivity contribution < 1.29 is 14.3 Å². The normalized spacial score (nSPS) is 12.5. The van der Waals surface area contributed by atoms with Crippen molar-refractivity contribution in [2.24, 2.45) is 0 Å². The van der Waals surface area contributed by atoms with Crippen LogP contribution in [0.3, 0.4) is 0 Å². The fourth-order valence-corrected chi connectivity index (χ4v) is 3.07. The molecule has 31 heavy (non-hydrogen) atoms. The molecule has 0 saturated carbocycles. The number of hydrogen-bond donors (Lipinski definition) is 2. The van der Waals surface area contributed by atoms with Crippen molar-refractivity contribution in [3.05, 3.63) is 95.6 Å². The summed E-state index contributed by atoms with van der Waals surface area (Å²) < 4.78 is 5.80. The summed E-state index contributed by atoms with van der Waals surface area (Å²) in [5, 5.41) is 5.85. The highest BCUT2D eigenvalue weighted by Gasteiger charge is 2.13. The first kappa shape index (κ1) is 22.1. The van der Waals surface area contributed by atoms with Gasteiger partial charge in [0.05, 0.1) is 12.1 Å². The first-order valence-electron chi connectivity index (χ1n) is 10.5. The van der Waals surface area contributed by atoms with Gasteiger partial charge in [-0.15, -0.1) is 0 Å². The highest BCUT2D eigenvalue weighted by atomic mass is 16.5. The fourth-order valence-electron chi connectivity index (χ4n) is 3.07. The van der Waals surface area contributed by atoms with Crippen LogP contribution in [0.25, 0.3) is 0 Å². The summed E-state index contributed by atoms with van der Waals surface area (Å²) in [5.41, 5.74) is 2.56. The zero-order chi connectivity index (χ0) is 22.2. The van der Waals surface area contributed by atoms with Crippen LogP contribution in [-0.2, 0) is 0 Å². The monoisotopic (exact) mass is 416 g/mol. The number of amides is 2. The van der Waals surface area contributed by atoms with Crippen LogP contribution in [0.2, 0.25) is 0 Å². The topological polar surface area (TPSA) is 67.4 Å². The second kappa shape index (κ2) is 10.4. The minimum Gasteiger partial charge on any atom is -0.491 e. The van der Waals surface area contributed by atoms with E-state index in [-0.39, 0.29) is 24.0 Å². The van der Waals surface area contributed by atoms with Crippen LogP contribution in [0, 0.1) is 0 Å². The molecule has 160 valence electrons. The molecule has 3 rings (SSSR count). The average Bonchev–Trinajstić information content (AvgIpc) is 2.79. The lowest BCUT2D eigenvalue weighted by Gasteiger charge is -2.15. The van der Waals surface area contributed by atoms with Crippen LogP contribution in [0.1, 0.15) is 59.5 Å². The summed E-state index contributed by atoms with van der Waals surface area (Å²) in [6.07, 6.45) is 0.959. The van der Waals surface area contributed by atoms with E-state index in [1.165, 1.54) is 0 Å². The number of hydrogen-bond acceptors (Lipinski definition) is 3. The summed E-state index contributed by atoms with van der Waals surface area (Å²) in [7, 11) is 0. The Balaban J connectivity index is 1.67. The van der Waals surface area contributed by atoms with Gasteiger partial charge in [0.15, 0.2) is 0 Å². The van der Waals surface area contributed by atoms with Crippen molar-refractivity contribution in [1.82, 2.24) is 5.32 Å². The predicted molar refractivity (Wildman–Crippen MR) is 124 cm³/mol. The largest absolute Gasteiger partial charge is 0.491 e. The van der Waals surface area contributed by atoms with E-state index in [1.54, 1.807) is 42.5 Å². The predicted octanol–water partition coefficient (Wildman–Crippen LogP) is 5.61. The van der Waals surface area contributed by atoms with Gasteiger partial charge in [-0.3, -0.25) is 9.59 Å². The Kier molecular flexibility index (Phi) is 7.44. The average molecular weight is 417 g/mol. The lowest BCUT2D eigenvalue weighted by molar-refractivity contribution is 0.0938. The van der Waals surface area contributed by atoms with E-state index in [0.29, 0.717) is 22.6 Å².